The summed E-state index contributed by atoms with van der Waals surface area (Å²) in [6.07, 6.45) is 0. The van der Waals surface area contributed by atoms with Gasteiger partial charge in [-0.25, -0.2) is 0 Å². The van der Waals surface area contributed by atoms with Gasteiger partial charge in [0.2, 0.25) is 0 Å². The molecule has 0 fully saturated rings. The number of rotatable bonds is 2. The molecule has 1 N–H and O–H groups in total. The highest BCUT2D eigenvalue weighted by Gasteiger charge is 2.18. The zero-order valence-corrected chi connectivity index (χ0v) is 7.42. The second-order valence-corrected chi connectivity index (χ2v) is 2.93. The van der Waals surface area contributed by atoms with E-state index in [0.29, 0.717) is 5.76 Å². The maximum absolute atomic E-state index is 10.6. The van der Waals surface area contributed by atoms with Crippen LogP contribution in [0.4, 0.5) is 0 Å². The van der Waals surface area contributed by atoms with Crippen molar-refractivity contribution in [2.45, 2.75) is 26.7 Å². The Bertz CT molecular complexity index is 299. The van der Waals surface area contributed by atoms with Crippen molar-refractivity contribution < 1.29 is 14.3 Å². The molecule has 0 radical (unpaired) electrons. The fourth-order valence-electron chi connectivity index (χ4n) is 1.21. The van der Waals surface area contributed by atoms with Gasteiger partial charge in [-0.2, -0.15) is 0 Å². The number of carbonyl (C=O) groups is 1. The van der Waals surface area contributed by atoms with E-state index in [0.717, 1.165) is 11.3 Å². The van der Waals surface area contributed by atoms with Crippen LogP contribution in [0.25, 0.3) is 0 Å². The van der Waals surface area contributed by atoms with Gasteiger partial charge in [0.1, 0.15) is 11.5 Å². The first-order chi connectivity index (χ1) is 5.52. The molecule has 0 aliphatic carbocycles. The van der Waals surface area contributed by atoms with Crippen molar-refractivity contribution in [1.29, 1.82) is 0 Å². The van der Waals surface area contributed by atoms with E-state index in [1.807, 2.05) is 6.92 Å². The third kappa shape index (κ3) is 1.49. The second-order valence-electron chi connectivity index (χ2n) is 2.93. The average molecular weight is 168 g/mol. The van der Waals surface area contributed by atoms with Crippen LogP contribution in [0.15, 0.2) is 10.5 Å². The van der Waals surface area contributed by atoms with Gasteiger partial charge >= 0.3 is 5.97 Å². The predicted octanol–water partition coefficient (Wildman–Crippen LogP) is 2.08. The summed E-state index contributed by atoms with van der Waals surface area (Å²) in [7, 11) is 0. The summed E-state index contributed by atoms with van der Waals surface area (Å²) in [5, 5.41) is 8.73. The number of aliphatic carboxylic acids is 1. The largest absolute Gasteiger partial charge is 0.481 e. The summed E-state index contributed by atoms with van der Waals surface area (Å²) in [4.78, 5) is 10.6. The van der Waals surface area contributed by atoms with Crippen LogP contribution in [0, 0.1) is 13.8 Å². The molecule has 1 unspecified atom stereocenters. The summed E-state index contributed by atoms with van der Waals surface area (Å²) in [5.74, 6) is 0.152. The molecule has 0 bridgehead atoms. The molecule has 1 atom stereocenters. The molecule has 1 rings (SSSR count). The molecule has 0 aliphatic heterocycles. The van der Waals surface area contributed by atoms with Gasteiger partial charge in [-0.05, 0) is 26.8 Å². The molecule has 1 heterocycles. The van der Waals surface area contributed by atoms with E-state index < -0.39 is 11.9 Å². The number of aryl methyl sites for hydroxylation is 2. The van der Waals surface area contributed by atoms with Crippen molar-refractivity contribution in [2.75, 3.05) is 0 Å². The molecule has 0 aliphatic rings. The van der Waals surface area contributed by atoms with Crippen LogP contribution in [-0.4, -0.2) is 11.1 Å². The van der Waals surface area contributed by atoms with E-state index in [1.54, 1.807) is 19.9 Å². The van der Waals surface area contributed by atoms with Gasteiger partial charge in [-0.1, -0.05) is 0 Å². The van der Waals surface area contributed by atoms with Crippen LogP contribution in [0.2, 0.25) is 0 Å². The molecule has 0 saturated carbocycles. The lowest BCUT2D eigenvalue weighted by molar-refractivity contribution is -0.138. The van der Waals surface area contributed by atoms with E-state index in [-0.39, 0.29) is 0 Å². The first kappa shape index (κ1) is 8.84. The standard InChI is InChI=1S/C9H12O3/c1-5-4-8(7(3)12-5)6(2)9(10)11/h4,6H,1-3H3,(H,10,11). The number of furan rings is 1. The smallest absolute Gasteiger partial charge is 0.310 e. The Morgan fingerprint density at radius 2 is 2.17 bits per heavy atom. The Balaban J connectivity index is 3.02. The molecule has 3 nitrogen and oxygen atoms in total. The number of hydrogen-bond acceptors (Lipinski definition) is 2. The van der Waals surface area contributed by atoms with Crippen LogP contribution in [-0.2, 0) is 4.79 Å². The fourth-order valence-corrected chi connectivity index (χ4v) is 1.21. The third-order valence-corrected chi connectivity index (χ3v) is 1.92. The predicted molar refractivity (Wildman–Crippen MR) is 44.2 cm³/mol. The highest BCUT2D eigenvalue weighted by Crippen LogP contribution is 2.22. The Labute approximate surface area is 71.0 Å². The Hall–Kier alpha value is -1.25. The zero-order valence-electron chi connectivity index (χ0n) is 7.42. The Morgan fingerprint density at radius 1 is 1.58 bits per heavy atom. The minimum absolute atomic E-state index is 0.484. The molecule has 0 amide bonds. The number of hydrogen-bond donors (Lipinski definition) is 1. The molecule has 66 valence electrons. The highest BCUT2D eigenvalue weighted by molar-refractivity contribution is 5.75. The van der Waals surface area contributed by atoms with Gasteiger partial charge in [-0.15, -0.1) is 0 Å². The van der Waals surface area contributed by atoms with Crippen molar-refractivity contribution in [2.24, 2.45) is 0 Å². The Morgan fingerprint density at radius 3 is 2.50 bits per heavy atom. The fraction of sp³-hybridized carbons (Fsp3) is 0.444. The van der Waals surface area contributed by atoms with Crippen LogP contribution in [0.5, 0.6) is 0 Å². The molecular weight excluding hydrogens is 156 g/mol. The summed E-state index contributed by atoms with van der Waals surface area (Å²) in [6, 6.07) is 1.77. The van der Waals surface area contributed by atoms with Crippen molar-refractivity contribution in [3.63, 3.8) is 0 Å². The van der Waals surface area contributed by atoms with Gasteiger partial charge < -0.3 is 9.52 Å². The molecule has 0 spiro atoms. The molecule has 3 heteroatoms. The minimum atomic E-state index is -0.820. The van der Waals surface area contributed by atoms with Crippen molar-refractivity contribution in [3.8, 4) is 0 Å². The quantitative estimate of drug-likeness (QED) is 0.735. The summed E-state index contributed by atoms with van der Waals surface area (Å²) >= 11 is 0. The van der Waals surface area contributed by atoms with Gasteiger partial charge in [0.15, 0.2) is 0 Å². The summed E-state index contributed by atoms with van der Waals surface area (Å²) in [6.45, 7) is 5.24. The lowest BCUT2D eigenvalue weighted by atomic mass is 10.0. The van der Waals surface area contributed by atoms with Gasteiger partial charge in [0.25, 0.3) is 0 Å². The SMILES string of the molecule is Cc1cc(C(C)C(=O)O)c(C)o1. The topological polar surface area (TPSA) is 50.4 Å². The molecule has 1 aromatic heterocycles. The first-order valence-electron chi connectivity index (χ1n) is 3.82. The van der Waals surface area contributed by atoms with Gasteiger partial charge in [0.05, 0.1) is 5.92 Å². The van der Waals surface area contributed by atoms with Crippen LogP contribution >= 0.6 is 0 Å². The molecule has 1 aromatic rings. The van der Waals surface area contributed by atoms with E-state index >= 15 is 0 Å². The molecular formula is C9H12O3. The highest BCUT2D eigenvalue weighted by atomic mass is 16.4. The zero-order chi connectivity index (χ0) is 9.30. The minimum Gasteiger partial charge on any atom is -0.481 e. The van der Waals surface area contributed by atoms with Gasteiger partial charge in [0, 0.05) is 5.56 Å². The van der Waals surface area contributed by atoms with Gasteiger partial charge in [-0.3, -0.25) is 4.79 Å². The van der Waals surface area contributed by atoms with E-state index in [4.69, 9.17) is 9.52 Å². The normalized spacial score (nSPS) is 12.9. The van der Waals surface area contributed by atoms with E-state index in [1.165, 1.54) is 0 Å². The maximum Gasteiger partial charge on any atom is 0.310 e. The molecule has 0 aromatic carbocycles. The third-order valence-electron chi connectivity index (χ3n) is 1.92. The van der Waals surface area contributed by atoms with Crippen LogP contribution in [0.1, 0.15) is 29.9 Å². The number of carboxylic acids is 1. The molecule has 0 saturated heterocycles. The first-order valence-corrected chi connectivity index (χ1v) is 3.82. The van der Waals surface area contributed by atoms with Crippen molar-refractivity contribution in [3.05, 3.63) is 23.2 Å². The lowest BCUT2D eigenvalue weighted by Gasteiger charge is -2.02. The maximum atomic E-state index is 10.6. The van der Waals surface area contributed by atoms with Crippen LogP contribution in [0.3, 0.4) is 0 Å². The van der Waals surface area contributed by atoms with Crippen molar-refractivity contribution in [1.82, 2.24) is 0 Å². The number of carboxylic acid groups (broad SMARTS) is 1. The molecule has 12 heavy (non-hydrogen) atoms. The van der Waals surface area contributed by atoms with E-state index in [9.17, 15) is 4.79 Å². The second kappa shape index (κ2) is 3.01. The average Bonchev–Trinajstić information content (AvgIpc) is 2.28. The van der Waals surface area contributed by atoms with E-state index in [2.05, 4.69) is 0 Å². The monoisotopic (exact) mass is 168 g/mol. The van der Waals surface area contributed by atoms with Crippen molar-refractivity contribution >= 4 is 5.97 Å². The Kier molecular flexibility index (Phi) is 2.22. The van der Waals surface area contributed by atoms with Crippen LogP contribution < -0.4 is 0 Å². The summed E-state index contributed by atoms with van der Waals surface area (Å²) < 4.78 is 5.22. The summed E-state index contributed by atoms with van der Waals surface area (Å²) in [5.41, 5.74) is 0.764. The lowest BCUT2D eigenvalue weighted by Crippen LogP contribution is -2.07.